The molecule has 2 heterocycles. The van der Waals surface area contributed by atoms with Crippen LogP contribution in [0.2, 0.25) is 0 Å². The lowest BCUT2D eigenvalue weighted by Gasteiger charge is -2.17. The lowest BCUT2D eigenvalue weighted by molar-refractivity contribution is -0.111. The molecular formula is C15H21N5OS. The molecule has 0 aliphatic heterocycles. The normalized spacial score (nSPS) is 11.4. The summed E-state index contributed by atoms with van der Waals surface area (Å²) in [6.07, 6.45) is 8.40. The van der Waals surface area contributed by atoms with E-state index in [1.54, 1.807) is 18.5 Å². The van der Waals surface area contributed by atoms with Crippen molar-refractivity contribution in [2.45, 2.75) is 20.4 Å². The minimum atomic E-state index is -0.182. The Hall–Kier alpha value is -1.99. The molecule has 0 aromatic carbocycles. The number of hydrogen-bond donors (Lipinski definition) is 1. The fourth-order valence-corrected chi connectivity index (χ4v) is 2.51. The van der Waals surface area contributed by atoms with Crippen LogP contribution in [-0.4, -0.2) is 45.2 Å². The zero-order valence-electron chi connectivity index (χ0n) is 12.9. The lowest BCUT2D eigenvalue weighted by Crippen LogP contribution is -2.27. The van der Waals surface area contributed by atoms with Gasteiger partial charge in [-0.1, -0.05) is 13.8 Å². The maximum atomic E-state index is 11.8. The van der Waals surface area contributed by atoms with Crippen LogP contribution in [0.25, 0.3) is 6.08 Å². The second kappa shape index (κ2) is 8.45. The Labute approximate surface area is 134 Å². The molecule has 22 heavy (non-hydrogen) atoms. The largest absolute Gasteiger partial charge is 0.320 e. The van der Waals surface area contributed by atoms with Gasteiger partial charge in [-0.3, -0.25) is 9.48 Å². The van der Waals surface area contributed by atoms with E-state index in [0.717, 1.165) is 31.2 Å². The molecule has 2 aromatic rings. The highest BCUT2D eigenvalue weighted by molar-refractivity contribution is 7.10. The first-order valence-electron chi connectivity index (χ1n) is 7.34. The number of amides is 1. The standard InChI is InChI=1S/C15H21N5OS/c1-3-19(4-2)8-9-20-12-13(11-17-20)18-14(21)5-6-15-16-7-10-22-15/h5-7,10-12H,3-4,8-9H2,1-2H3,(H,18,21)/b6-5+. The van der Waals surface area contributed by atoms with Crippen LogP contribution in [0.5, 0.6) is 0 Å². The number of hydrogen-bond acceptors (Lipinski definition) is 5. The van der Waals surface area contributed by atoms with Gasteiger partial charge in [-0.05, 0) is 19.2 Å². The zero-order chi connectivity index (χ0) is 15.8. The van der Waals surface area contributed by atoms with Crippen molar-refractivity contribution in [3.8, 4) is 0 Å². The quantitative estimate of drug-likeness (QED) is 0.759. The van der Waals surface area contributed by atoms with Gasteiger partial charge in [-0.15, -0.1) is 11.3 Å². The minimum absolute atomic E-state index is 0.182. The molecule has 6 nitrogen and oxygen atoms in total. The summed E-state index contributed by atoms with van der Waals surface area (Å²) in [5, 5.41) is 9.74. The van der Waals surface area contributed by atoms with Crippen LogP contribution in [0, 0.1) is 0 Å². The van der Waals surface area contributed by atoms with Crippen LogP contribution >= 0.6 is 11.3 Å². The van der Waals surface area contributed by atoms with Crippen molar-refractivity contribution in [1.82, 2.24) is 19.7 Å². The van der Waals surface area contributed by atoms with E-state index in [1.165, 1.54) is 17.4 Å². The summed E-state index contributed by atoms with van der Waals surface area (Å²) in [6.45, 7) is 8.12. The Balaban J connectivity index is 1.82. The van der Waals surface area contributed by atoms with Gasteiger partial charge in [0, 0.05) is 30.4 Å². The predicted octanol–water partition coefficient (Wildman–Crippen LogP) is 2.33. The molecule has 0 radical (unpaired) electrons. The summed E-state index contributed by atoms with van der Waals surface area (Å²) in [7, 11) is 0. The van der Waals surface area contributed by atoms with Crippen molar-refractivity contribution in [3.63, 3.8) is 0 Å². The molecule has 0 saturated carbocycles. The highest BCUT2D eigenvalue weighted by Gasteiger charge is 2.04. The van der Waals surface area contributed by atoms with E-state index < -0.39 is 0 Å². The van der Waals surface area contributed by atoms with Crippen LogP contribution in [0.3, 0.4) is 0 Å². The van der Waals surface area contributed by atoms with Gasteiger partial charge in [0.05, 0.1) is 18.4 Å². The maximum Gasteiger partial charge on any atom is 0.248 e. The third-order valence-electron chi connectivity index (χ3n) is 3.27. The van der Waals surface area contributed by atoms with E-state index in [1.807, 2.05) is 16.3 Å². The molecule has 2 aromatic heterocycles. The molecule has 2 rings (SSSR count). The molecule has 0 bridgehead atoms. The van der Waals surface area contributed by atoms with Crippen LogP contribution in [0.1, 0.15) is 18.9 Å². The molecule has 0 spiro atoms. The third-order valence-corrected chi connectivity index (χ3v) is 4.01. The molecule has 0 unspecified atom stereocenters. The number of carbonyl (C=O) groups is 1. The average molecular weight is 319 g/mol. The zero-order valence-corrected chi connectivity index (χ0v) is 13.7. The van der Waals surface area contributed by atoms with Gasteiger partial charge in [0.2, 0.25) is 5.91 Å². The molecule has 0 atom stereocenters. The first-order valence-corrected chi connectivity index (χ1v) is 8.22. The van der Waals surface area contributed by atoms with Crippen molar-refractivity contribution in [2.75, 3.05) is 25.0 Å². The van der Waals surface area contributed by atoms with Crippen LogP contribution in [-0.2, 0) is 11.3 Å². The number of anilines is 1. The van der Waals surface area contributed by atoms with E-state index in [2.05, 4.69) is 34.1 Å². The van der Waals surface area contributed by atoms with Gasteiger partial charge in [-0.2, -0.15) is 5.10 Å². The number of nitrogens with one attached hydrogen (secondary N) is 1. The average Bonchev–Trinajstić information content (AvgIpc) is 3.18. The smallest absolute Gasteiger partial charge is 0.248 e. The number of rotatable bonds is 8. The molecule has 0 fully saturated rings. The Kier molecular flexibility index (Phi) is 6.29. The van der Waals surface area contributed by atoms with E-state index in [9.17, 15) is 4.79 Å². The van der Waals surface area contributed by atoms with Gasteiger partial charge in [0.25, 0.3) is 0 Å². The van der Waals surface area contributed by atoms with E-state index in [-0.39, 0.29) is 5.91 Å². The van der Waals surface area contributed by atoms with Gasteiger partial charge >= 0.3 is 0 Å². The summed E-state index contributed by atoms with van der Waals surface area (Å²) in [4.78, 5) is 18.2. The van der Waals surface area contributed by atoms with Crippen molar-refractivity contribution >= 4 is 29.0 Å². The summed E-state index contributed by atoms with van der Waals surface area (Å²) in [5.74, 6) is -0.182. The van der Waals surface area contributed by atoms with Crippen LogP contribution < -0.4 is 5.32 Å². The lowest BCUT2D eigenvalue weighted by atomic mass is 10.4. The topological polar surface area (TPSA) is 63.0 Å². The SMILES string of the molecule is CCN(CC)CCn1cc(NC(=O)/C=C/c2nccs2)cn1. The van der Waals surface area contributed by atoms with E-state index >= 15 is 0 Å². The fraction of sp³-hybridized carbons (Fsp3) is 0.400. The summed E-state index contributed by atoms with van der Waals surface area (Å²) in [5.41, 5.74) is 0.702. The molecule has 7 heteroatoms. The van der Waals surface area contributed by atoms with E-state index in [4.69, 9.17) is 0 Å². The molecule has 1 N–H and O–H groups in total. The third kappa shape index (κ3) is 5.09. The first-order chi connectivity index (χ1) is 10.7. The second-order valence-corrected chi connectivity index (χ2v) is 5.64. The summed E-state index contributed by atoms with van der Waals surface area (Å²) >= 11 is 1.49. The maximum absolute atomic E-state index is 11.8. The van der Waals surface area contributed by atoms with Crippen LogP contribution in [0.15, 0.2) is 30.0 Å². The fourth-order valence-electron chi connectivity index (χ4n) is 1.98. The van der Waals surface area contributed by atoms with Crippen LogP contribution in [0.4, 0.5) is 5.69 Å². The minimum Gasteiger partial charge on any atom is -0.320 e. The Morgan fingerprint density at radius 2 is 2.27 bits per heavy atom. The second-order valence-electron chi connectivity index (χ2n) is 4.71. The van der Waals surface area contributed by atoms with Gasteiger partial charge in [0.1, 0.15) is 5.01 Å². The van der Waals surface area contributed by atoms with Crippen molar-refractivity contribution in [3.05, 3.63) is 35.1 Å². The number of aromatic nitrogens is 3. The van der Waals surface area contributed by atoms with Gasteiger partial charge in [-0.25, -0.2) is 4.98 Å². The van der Waals surface area contributed by atoms with Crippen molar-refractivity contribution < 1.29 is 4.79 Å². The van der Waals surface area contributed by atoms with Crippen molar-refractivity contribution in [1.29, 1.82) is 0 Å². The number of likely N-dealkylation sites (N-methyl/N-ethyl adjacent to an activating group) is 1. The highest BCUT2D eigenvalue weighted by Crippen LogP contribution is 2.08. The van der Waals surface area contributed by atoms with Gasteiger partial charge in [0.15, 0.2) is 0 Å². The predicted molar refractivity (Wildman–Crippen MR) is 89.8 cm³/mol. The Morgan fingerprint density at radius 3 is 2.95 bits per heavy atom. The molecule has 118 valence electrons. The van der Waals surface area contributed by atoms with Gasteiger partial charge < -0.3 is 10.2 Å². The monoisotopic (exact) mass is 319 g/mol. The molecule has 0 aliphatic carbocycles. The van der Waals surface area contributed by atoms with Crippen molar-refractivity contribution in [2.24, 2.45) is 0 Å². The Bertz CT molecular complexity index is 601. The highest BCUT2D eigenvalue weighted by atomic mass is 32.1. The molecular weight excluding hydrogens is 298 g/mol. The molecule has 1 amide bonds. The number of nitrogens with zero attached hydrogens (tertiary/aromatic N) is 4. The summed E-state index contributed by atoms with van der Waals surface area (Å²) in [6, 6.07) is 0. The molecule has 0 aliphatic rings. The first kappa shape index (κ1) is 16.4. The molecule has 0 saturated heterocycles. The Morgan fingerprint density at radius 1 is 1.45 bits per heavy atom. The summed E-state index contributed by atoms with van der Waals surface area (Å²) < 4.78 is 1.85. The number of thiazole rings is 1. The number of carbonyl (C=O) groups excluding carboxylic acids is 1. The van der Waals surface area contributed by atoms with E-state index in [0.29, 0.717) is 5.69 Å².